The van der Waals surface area contributed by atoms with Gasteiger partial charge >= 0.3 is 0 Å². The first-order valence-electron chi connectivity index (χ1n) is 11.8. The van der Waals surface area contributed by atoms with Gasteiger partial charge < -0.3 is 23.4 Å². The van der Waals surface area contributed by atoms with Crippen LogP contribution < -0.4 is 9.47 Å². The fraction of sp³-hybridized carbons (Fsp3) is 0.269. The standard InChI is InChI=1S/C26H27N5O6S/c1-16-11-12-21(37-16)26-29-28-23(31(26)24-19(35-3)8-7-9-20(24)36-4)15-38(33,34)17(2)25(32)18-14-27-22-10-5-6-13-30(18)22/h5-14,17,25,32H,15H2,1-4H3/t17-,25-/m1/s1. The molecule has 0 unspecified atom stereocenters. The molecule has 1 N–H and O–H groups in total. The molecule has 4 aromatic heterocycles. The molecule has 11 nitrogen and oxygen atoms in total. The normalized spacial score (nSPS) is 13.5. The van der Waals surface area contributed by atoms with Crippen molar-refractivity contribution in [3.8, 4) is 28.8 Å². The molecule has 0 aliphatic carbocycles. The van der Waals surface area contributed by atoms with Gasteiger partial charge in [0.05, 0.1) is 31.4 Å². The van der Waals surface area contributed by atoms with Gasteiger partial charge in [-0.1, -0.05) is 12.1 Å². The number of nitrogens with zero attached hydrogens (tertiary/aromatic N) is 5. The number of fused-ring (bicyclic) bond motifs is 1. The van der Waals surface area contributed by atoms with Crippen LogP contribution in [0.3, 0.4) is 0 Å². The van der Waals surface area contributed by atoms with E-state index in [-0.39, 0.29) is 11.6 Å². The van der Waals surface area contributed by atoms with Crippen molar-refractivity contribution in [1.82, 2.24) is 24.1 Å². The first-order chi connectivity index (χ1) is 18.2. The van der Waals surface area contributed by atoms with Crippen LogP contribution in [0, 0.1) is 6.92 Å². The number of aromatic nitrogens is 5. The Hall–Kier alpha value is -4.16. The van der Waals surface area contributed by atoms with Crippen LogP contribution >= 0.6 is 0 Å². The number of furan rings is 1. The van der Waals surface area contributed by atoms with Crippen LogP contribution in [0.25, 0.3) is 22.9 Å². The number of pyridine rings is 1. The highest BCUT2D eigenvalue weighted by Gasteiger charge is 2.34. The Bertz CT molecular complexity index is 1680. The lowest BCUT2D eigenvalue weighted by Gasteiger charge is -2.20. The summed E-state index contributed by atoms with van der Waals surface area (Å²) in [5.74, 6) is 1.76. The zero-order valence-corrected chi connectivity index (χ0v) is 22.1. The first kappa shape index (κ1) is 25.5. The lowest BCUT2D eigenvalue weighted by atomic mass is 10.2. The zero-order valence-electron chi connectivity index (χ0n) is 21.3. The Morgan fingerprint density at radius 2 is 1.76 bits per heavy atom. The topological polar surface area (TPSA) is 134 Å². The van der Waals surface area contributed by atoms with Crippen molar-refractivity contribution >= 4 is 15.5 Å². The molecular formula is C26H27N5O6S. The smallest absolute Gasteiger partial charge is 0.204 e. The molecule has 38 heavy (non-hydrogen) atoms. The van der Waals surface area contributed by atoms with E-state index < -0.39 is 26.9 Å². The van der Waals surface area contributed by atoms with Crippen LogP contribution in [0.1, 0.15) is 30.3 Å². The Balaban J connectivity index is 1.59. The average Bonchev–Trinajstić information content (AvgIpc) is 3.65. The molecule has 0 spiro atoms. The predicted molar refractivity (Wildman–Crippen MR) is 139 cm³/mol. The second-order valence-electron chi connectivity index (χ2n) is 8.77. The Morgan fingerprint density at radius 1 is 1.03 bits per heavy atom. The van der Waals surface area contributed by atoms with Crippen LogP contribution in [0.4, 0.5) is 0 Å². The summed E-state index contributed by atoms with van der Waals surface area (Å²) >= 11 is 0. The quantitative estimate of drug-likeness (QED) is 0.300. The second kappa shape index (κ2) is 9.95. The molecule has 5 rings (SSSR count). The number of para-hydroxylation sites is 1. The third kappa shape index (κ3) is 4.41. The highest BCUT2D eigenvalue weighted by Crippen LogP contribution is 2.37. The summed E-state index contributed by atoms with van der Waals surface area (Å²) < 4.78 is 47.5. The predicted octanol–water partition coefficient (Wildman–Crippen LogP) is 3.54. The fourth-order valence-electron chi connectivity index (χ4n) is 4.33. The summed E-state index contributed by atoms with van der Waals surface area (Å²) in [5, 5.41) is 18.4. The first-order valence-corrected chi connectivity index (χ1v) is 13.5. The molecule has 4 heterocycles. The van der Waals surface area contributed by atoms with Gasteiger partial charge in [-0.3, -0.25) is 4.57 Å². The van der Waals surface area contributed by atoms with E-state index in [2.05, 4.69) is 15.2 Å². The molecule has 12 heteroatoms. The minimum Gasteiger partial charge on any atom is -0.494 e. The fourth-order valence-corrected chi connectivity index (χ4v) is 5.67. The number of hydrogen-bond acceptors (Lipinski definition) is 9. The number of aliphatic hydroxyl groups is 1. The molecule has 0 saturated heterocycles. The van der Waals surface area contributed by atoms with Crippen molar-refractivity contribution in [3.63, 3.8) is 0 Å². The van der Waals surface area contributed by atoms with E-state index >= 15 is 0 Å². The lowest BCUT2D eigenvalue weighted by Crippen LogP contribution is -2.28. The summed E-state index contributed by atoms with van der Waals surface area (Å²) in [6.07, 6.45) is 1.87. The van der Waals surface area contributed by atoms with Gasteiger partial charge in [-0.25, -0.2) is 13.4 Å². The molecule has 0 radical (unpaired) electrons. The Labute approximate surface area is 219 Å². The molecule has 0 amide bonds. The third-order valence-corrected chi connectivity index (χ3v) is 8.46. The highest BCUT2D eigenvalue weighted by molar-refractivity contribution is 7.91. The van der Waals surface area contributed by atoms with E-state index in [1.807, 2.05) is 6.07 Å². The molecule has 0 bridgehead atoms. The maximum absolute atomic E-state index is 13.7. The number of hydrogen-bond donors (Lipinski definition) is 1. The summed E-state index contributed by atoms with van der Waals surface area (Å²) in [6, 6.07) is 14.1. The minimum atomic E-state index is -3.97. The van der Waals surface area contributed by atoms with Crippen LogP contribution in [0.2, 0.25) is 0 Å². The van der Waals surface area contributed by atoms with Crippen molar-refractivity contribution in [2.75, 3.05) is 14.2 Å². The van der Waals surface area contributed by atoms with E-state index in [1.54, 1.807) is 64.6 Å². The van der Waals surface area contributed by atoms with Crippen LogP contribution in [-0.2, 0) is 15.6 Å². The lowest BCUT2D eigenvalue weighted by molar-refractivity contribution is 0.170. The summed E-state index contributed by atoms with van der Waals surface area (Å²) in [6.45, 7) is 3.26. The maximum atomic E-state index is 13.7. The summed E-state index contributed by atoms with van der Waals surface area (Å²) in [5.41, 5.74) is 1.40. The molecule has 0 aliphatic rings. The molecular weight excluding hydrogens is 510 g/mol. The van der Waals surface area contributed by atoms with E-state index in [1.165, 1.54) is 27.3 Å². The van der Waals surface area contributed by atoms with Gasteiger partial charge in [0.15, 0.2) is 21.4 Å². The summed E-state index contributed by atoms with van der Waals surface area (Å²) in [4.78, 5) is 4.26. The molecule has 198 valence electrons. The zero-order chi connectivity index (χ0) is 27.0. The van der Waals surface area contributed by atoms with Gasteiger partial charge in [-0.05, 0) is 50.2 Å². The van der Waals surface area contributed by atoms with E-state index in [4.69, 9.17) is 13.9 Å². The van der Waals surface area contributed by atoms with Crippen LogP contribution in [0.5, 0.6) is 11.5 Å². The number of ether oxygens (including phenoxy) is 2. The third-order valence-electron chi connectivity index (χ3n) is 6.41. The van der Waals surface area contributed by atoms with Crippen molar-refractivity contribution in [3.05, 3.63) is 78.2 Å². The number of imidazole rings is 1. The van der Waals surface area contributed by atoms with E-state index in [0.717, 1.165) is 0 Å². The minimum absolute atomic E-state index is 0.106. The molecule has 0 aliphatic heterocycles. The SMILES string of the molecule is COc1cccc(OC)c1-n1c(CS(=O)(=O)[C@H](C)[C@@H](O)c2cnc3ccccn23)nnc1-c1ccc(C)o1. The summed E-state index contributed by atoms with van der Waals surface area (Å²) in [7, 11) is -0.959. The van der Waals surface area contributed by atoms with Gasteiger partial charge in [0.2, 0.25) is 5.82 Å². The van der Waals surface area contributed by atoms with Crippen molar-refractivity contribution < 1.29 is 27.4 Å². The number of benzene rings is 1. The Kier molecular flexibility index (Phi) is 6.67. The maximum Gasteiger partial charge on any atom is 0.204 e. The number of aliphatic hydroxyl groups excluding tert-OH is 1. The number of methoxy groups -OCH3 is 2. The van der Waals surface area contributed by atoms with Crippen molar-refractivity contribution in [1.29, 1.82) is 0 Å². The van der Waals surface area contributed by atoms with Gasteiger partial charge in [0.1, 0.15) is 40.5 Å². The average molecular weight is 538 g/mol. The Morgan fingerprint density at radius 3 is 2.42 bits per heavy atom. The van der Waals surface area contributed by atoms with E-state index in [9.17, 15) is 13.5 Å². The van der Waals surface area contributed by atoms with E-state index in [0.29, 0.717) is 40.0 Å². The van der Waals surface area contributed by atoms with Gasteiger partial charge in [0, 0.05) is 6.20 Å². The van der Waals surface area contributed by atoms with Crippen molar-refractivity contribution in [2.45, 2.75) is 31.0 Å². The number of sulfone groups is 1. The molecule has 0 fully saturated rings. The largest absolute Gasteiger partial charge is 0.494 e. The molecule has 0 saturated carbocycles. The number of rotatable bonds is 9. The highest BCUT2D eigenvalue weighted by atomic mass is 32.2. The molecule has 5 aromatic rings. The second-order valence-corrected chi connectivity index (χ2v) is 11.1. The van der Waals surface area contributed by atoms with Crippen LogP contribution in [-0.4, -0.2) is 57.1 Å². The van der Waals surface area contributed by atoms with Gasteiger partial charge in [0.25, 0.3) is 0 Å². The molecule has 1 aromatic carbocycles. The molecule has 2 atom stereocenters. The van der Waals surface area contributed by atoms with Gasteiger partial charge in [-0.15, -0.1) is 10.2 Å². The van der Waals surface area contributed by atoms with Crippen molar-refractivity contribution in [2.24, 2.45) is 0 Å². The number of aryl methyl sites for hydroxylation is 1. The monoisotopic (exact) mass is 537 g/mol. The van der Waals surface area contributed by atoms with Crippen LogP contribution in [0.15, 0.2) is 65.3 Å². The van der Waals surface area contributed by atoms with Gasteiger partial charge in [-0.2, -0.15) is 0 Å².